The zero-order valence-corrected chi connectivity index (χ0v) is 11.5. The van der Waals surface area contributed by atoms with E-state index in [-0.39, 0.29) is 18.2 Å². The monoisotopic (exact) mass is 291 g/mol. The summed E-state index contributed by atoms with van der Waals surface area (Å²) in [5.74, 6) is 0.0410. The summed E-state index contributed by atoms with van der Waals surface area (Å²) in [6, 6.07) is 9.34. The maximum Gasteiger partial charge on any atom is 0.132 e. The van der Waals surface area contributed by atoms with E-state index >= 15 is 0 Å². The van der Waals surface area contributed by atoms with E-state index in [1.807, 2.05) is 13.1 Å². The Morgan fingerprint density at radius 1 is 1.24 bits per heavy atom. The molecule has 2 aromatic rings. The van der Waals surface area contributed by atoms with Gasteiger partial charge in [-0.25, -0.2) is 8.78 Å². The lowest BCUT2D eigenvalue weighted by atomic mass is 10.1. The maximum atomic E-state index is 13.5. The van der Waals surface area contributed by atoms with Crippen molar-refractivity contribution in [2.24, 2.45) is 0 Å². The highest BCUT2D eigenvalue weighted by molar-refractivity contribution is 5.45. The van der Waals surface area contributed by atoms with E-state index in [1.165, 1.54) is 18.2 Å². The summed E-state index contributed by atoms with van der Waals surface area (Å²) in [6.07, 6.45) is 0. The molecule has 3 rings (SSSR count). The Labute approximate surface area is 121 Å². The summed E-state index contributed by atoms with van der Waals surface area (Å²) in [6.45, 7) is 0.407. The summed E-state index contributed by atoms with van der Waals surface area (Å²) in [4.78, 5) is 0. The Morgan fingerprint density at radius 2 is 2.00 bits per heavy atom. The van der Waals surface area contributed by atoms with E-state index in [0.717, 1.165) is 11.3 Å². The normalized spacial score (nSPS) is 16.4. The number of likely N-dealkylation sites (N-methyl/N-ethyl adjacent to an activating group) is 1. The minimum atomic E-state index is -0.609. The first-order valence-corrected chi connectivity index (χ1v) is 6.68. The molecular weight excluding hydrogens is 276 g/mol. The standard InChI is InChI=1S/C16H15F2NO2/c1-19-15-9-21-16-7-10(5-6-11(15)16)20-8-12-13(17)3-2-4-14(12)18/h2-7,15,19H,8-9H2,1H3. The van der Waals surface area contributed by atoms with E-state index in [1.54, 1.807) is 12.1 Å². The average molecular weight is 291 g/mol. The van der Waals surface area contributed by atoms with Crippen molar-refractivity contribution in [1.29, 1.82) is 0 Å². The number of nitrogens with one attached hydrogen (secondary N) is 1. The first kappa shape index (κ1) is 13.8. The maximum absolute atomic E-state index is 13.5. The Kier molecular flexibility index (Phi) is 3.75. The molecule has 0 aromatic heterocycles. The van der Waals surface area contributed by atoms with Gasteiger partial charge in [-0.05, 0) is 31.3 Å². The lowest BCUT2D eigenvalue weighted by molar-refractivity contribution is 0.288. The van der Waals surface area contributed by atoms with Gasteiger partial charge >= 0.3 is 0 Å². The van der Waals surface area contributed by atoms with Gasteiger partial charge in [0.1, 0.15) is 36.3 Å². The van der Waals surface area contributed by atoms with Gasteiger partial charge in [-0.2, -0.15) is 0 Å². The van der Waals surface area contributed by atoms with Crippen LogP contribution in [0.5, 0.6) is 11.5 Å². The van der Waals surface area contributed by atoms with Crippen LogP contribution in [0.1, 0.15) is 17.2 Å². The first-order valence-electron chi connectivity index (χ1n) is 6.68. The number of hydrogen-bond donors (Lipinski definition) is 1. The van der Waals surface area contributed by atoms with Crippen molar-refractivity contribution in [3.63, 3.8) is 0 Å². The quantitative estimate of drug-likeness (QED) is 0.938. The van der Waals surface area contributed by atoms with Gasteiger partial charge in [0, 0.05) is 11.6 Å². The fourth-order valence-electron chi connectivity index (χ4n) is 2.34. The topological polar surface area (TPSA) is 30.5 Å². The molecule has 1 atom stereocenters. The summed E-state index contributed by atoms with van der Waals surface area (Å²) < 4.78 is 38.1. The lowest BCUT2D eigenvalue weighted by Crippen LogP contribution is -2.17. The Balaban J connectivity index is 1.75. The minimum absolute atomic E-state index is 0.0768. The second-order valence-corrected chi connectivity index (χ2v) is 4.84. The molecule has 1 N–H and O–H groups in total. The molecule has 0 spiro atoms. The molecule has 0 radical (unpaired) electrons. The van der Waals surface area contributed by atoms with Crippen molar-refractivity contribution in [1.82, 2.24) is 5.32 Å². The highest BCUT2D eigenvalue weighted by Gasteiger charge is 2.23. The van der Waals surface area contributed by atoms with Gasteiger partial charge in [-0.1, -0.05) is 6.07 Å². The van der Waals surface area contributed by atoms with Gasteiger partial charge in [0.2, 0.25) is 0 Å². The molecule has 1 aliphatic rings. The first-order chi connectivity index (χ1) is 10.2. The van der Waals surface area contributed by atoms with Gasteiger partial charge in [0.05, 0.1) is 11.6 Å². The van der Waals surface area contributed by atoms with Crippen LogP contribution >= 0.6 is 0 Å². The molecule has 5 heteroatoms. The van der Waals surface area contributed by atoms with Crippen LogP contribution in [0, 0.1) is 11.6 Å². The largest absolute Gasteiger partial charge is 0.491 e. The zero-order chi connectivity index (χ0) is 14.8. The molecule has 0 aliphatic carbocycles. The van der Waals surface area contributed by atoms with Crippen LogP contribution in [0.4, 0.5) is 8.78 Å². The highest BCUT2D eigenvalue weighted by Crippen LogP contribution is 2.35. The number of benzene rings is 2. The van der Waals surface area contributed by atoms with Gasteiger partial charge < -0.3 is 14.8 Å². The smallest absolute Gasteiger partial charge is 0.132 e. The SMILES string of the molecule is CNC1COc2cc(OCc3c(F)cccc3F)ccc21. The van der Waals surface area contributed by atoms with Crippen molar-refractivity contribution in [2.75, 3.05) is 13.7 Å². The van der Waals surface area contributed by atoms with Crippen LogP contribution in [-0.2, 0) is 6.61 Å². The Morgan fingerprint density at radius 3 is 2.71 bits per heavy atom. The molecule has 0 amide bonds. The second-order valence-electron chi connectivity index (χ2n) is 4.84. The van der Waals surface area contributed by atoms with E-state index < -0.39 is 11.6 Å². The highest BCUT2D eigenvalue weighted by atomic mass is 19.1. The van der Waals surface area contributed by atoms with Gasteiger partial charge in [0.15, 0.2) is 0 Å². The molecule has 3 nitrogen and oxygen atoms in total. The van der Waals surface area contributed by atoms with E-state index in [2.05, 4.69) is 5.32 Å². The summed E-state index contributed by atoms with van der Waals surface area (Å²) in [5.41, 5.74) is 0.981. The molecule has 21 heavy (non-hydrogen) atoms. The number of hydrogen-bond acceptors (Lipinski definition) is 3. The molecule has 1 aliphatic heterocycles. The molecule has 0 bridgehead atoms. The molecule has 0 saturated carbocycles. The van der Waals surface area contributed by atoms with E-state index in [0.29, 0.717) is 12.4 Å². The zero-order valence-electron chi connectivity index (χ0n) is 11.5. The third-order valence-corrected chi connectivity index (χ3v) is 3.56. The number of ether oxygens (including phenoxy) is 2. The van der Waals surface area contributed by atoms with E-state index in [4.69, 9.17) is 9.47 Å². The molecular formula is C16H15F2NO2. The summed E-state index contributed by atoms with van der Waals surface area (Å²) >= 11 is 0. The van der Waals surface area contributed by atoms with Gasteiger partial charge in [-0.3, -0.25) is 0 Å². The molecule has 0 fully saturated rings. The van der Waals surface area contributed by atoms with Crippen LogP contribution in [0.25, 0.3) is 0 Å². The van der Waals surface area contributed by atoms with Crippen LogP contribution in [0.3, 0.4) is 0 Å². The third-order valence-electron chi connectivity index (χ3n) is 3.56. The Hall–Kier alpha value is -2.14. The second kappa shape index (κ2) is 5.69. The van der Waals surface area contributed by atoms with Gasteiger partial charge in [-0.15, -0.1) is 0 Å². The lowest BCUT2D eigenvalue weighted by Gasteiger charge is -2.10. The summed E-state index contributed by atoms with van der Waals surface area (Å²) in [5, 5.41) is 3.15. The van der Waals surface area contributed by atoms with E-state index in [9.17, 15) is 8.78 Å². The van der Waals surface area contributed by atoms with Crippen molar-refractivity contribution in [3.05, 3.63) is 59.2 Å². The molecule has 1 heterocycles. The molecule has 2 aromatic carbocycles. The molecule has 110 valence electrons. The third kappa shape index (κ3) is 2.69. The van der Waals surface area contributed by atoms with Crippen LogP contribution in [-0.4, -0.2) is 13.7 Å². The van der Waals surface area contributed by atoms with Crippen molar-refractivity contribution in [2.45, 2.75) is 12.6 Å². The van der Waals surface area contributed by atoms with Crippen LogP contribution in [0.15, 0.2) is 36.4 Å². The number of halogens is 2. The minimum Gasteiger partial charge on any atom is -0.491 e. The van der Waals surface area contributed by atoms with Crippen molar-refractivity contribution in [3.8, 4) is 11.5 Å². The average Bonchev–Trinajstić information content (AvgIpc) is 2.89. The van der Waals surface area contributed by atoms with Crippen molar-refractivity contribution < 1.29 is 18.3 Å². The van der Waals surface area contributed by atoms with Gasteiger partial charge in [0.25, 0.3) is 0 Å². The molecule has 0 saturated heterocycles. The van der Waals surface area contributed by atoms with Crippen LogP contribution < -0.4 is 14.8 Å². The molecule has 1 unspecified atom stereocenters. The summed E-state index contributed by atoms with van der Waals surface area (Å²) in [7, 11) is 1.87. The fraction of sp³-hybridized carbons (Fsp3) is 0.250. The number of fused-ring (bicyclic) bond motifs is 1. The predicted octanol–water partition coefficient (Wildman–Crippen LogP) is 3.20. The van der Waals surface area contributed by atoms with Crippen LogP contribution in [0.2, 0.25) is 0 Å². The Bertz CT molecular complexity index is 640. The van der Waals surface area contributed by atoms with Crippen molar-refractivity contribution >= 4 is 0 Å². The fourth-order valence-corrected chi connectivity index (χ4v) is 2.34. The number of rotatable bonds is 4. The predicted molar refractivity (Wildman–Crippen MR) is 74.4 cm³/mol.